The van der Waals surface area contributed by atoms with E-state index in [2.05, 4.69) is 76.8 Å². The van der Waals surface area contributed by atoms with Gasteiger partial charge in [-0.2, -0.15) is 0 Å². The van der Waals surface area contributed by atoms with Crippen LogP contribution in [-0.2, 0) is 11.2 Å². The van der Waals surface area contributed by atoms with Gasteiger partial charge in [0.05, 0.1) is 5.00 Å². The van der Waals surface area contributed by atoms with Crippen LogP contribution in [0.3, 0.4) is 0 Å². The molecular formula is C36H30N2OS3. The van der Waals surface area contributed by atoms with Gasteiger partial charge in [-0.05, 0) is 96.1 Å². The third-order valence-electron chi connectivity index (χ3n) is 7.01. The largest absolute Gasteiger partial charge is 0.333 e. The van der Waals surface area contributed by atoms with Gasteiger partial charge in [0.15, 0.2) is 0 Å². The molecular weight excluding hydrogens is 573 g/mol. The molecule has 42 heavy (non-hydrogen) atoms. The SMILES string of the molecule is C=C/C=C(\C=C/C)C(=C/c1ccc2c(c1)CCN2c1ccc(-c2ccc(-c3cccs3)s2)s1)/C(=O)Nc1ccccc1. The van der Waals surface area contributed by atoms with Gasteiger partial charge < -0.3 is 10.2 Å². The van der Waals surface area contributed by atoms with Crippen LogP contribution in [0.15, 0.2) is 132 Å². The summed E-state index contributed by atoms with van der Waals surface area (Å²) in [4.78, 5) is 21.1. The Morgan fingerprint density at radius 2 is 1.69 bits per heavy atom. The van der Waals surface area contributed by atoms with E-state index in [4.69, 9.17) is 0 Å². The maximum absolute atomic E-state index is 13.5. The summed E-state index contributed by atoms with van der Waals surface area (Å²) in [5.41, 5.74) is 5.68. The molecule has 1 N–H and O–H groups in total. The third-order valence-corrected chi connectivity index (χ3v) is 10.5. The molecule has 1 amide bonds. The Bertz CT molecular complexity index is 1800. The minimum absolute atomic E-state index is 0.156. The van der Waals surface area contributed by atoms with Gasteiger partial charge in [0.2, 0.25) is 0 Å². The van der Waals surface area contributed by atoms with Crippen molar-refractivity contribution in [3.8, 4) is 19.5 Å². The fourth-order valence-electron chi connectivity index (χ4n) is 5.08. The minimum atomic E-state index is -0.156. The highest BCUT2D eigenvalue weighted by Crippen LogP contribution is 2.44. The quantitative estimate of drug-likeness (QED) is 0.134. The molecule has 2 aromatic carbocycles. The third kappa shape index (κ3) is 6.02. The predicted molar refractivity (Wildman–Crippen MR) is 184 cm³/mol. The minimum Gasteiger partial charge on any atom is -0.333 e. The summed E-state index contributed by atoms with van der Waals surface area (Å²) in [7, 11) is 0. The Labute approximate surface area is 259 Å². The predicted octanol–water partition coefficient (Wildman–Crippen LogP) is 10.6. The summed E-state index contributed by atoms with van der Waals surface area (Å²) in [6.07, 6.45) is 10.4. The van der Waals surface area contributed by atoms with Crippen LogP contribution in [0.25, 0.3) is 25.6 Å². The van der Waals surface area contributed by atoms with Crippen molar-refractivity contribution < 1.29 is 4.79 Å². The van der Waals surface area contributed by atoms with Crippen LogP contribution in [0.2, 0.25) is 0 Å². The van der Waals surface area contributed by atoms with Crippen molar-refractivity contribution in [2.45, 2.75) is 13.3 Å². The molecule has 6 heteroatoms. The first-order valence-corrected chi connectivity index (χ1v) is 16.3. The Balaban J connectivity index is 1.26. The number of nitrogens with one attached hydrogen (secondary N) is 1. The molecule has 3 aromatic heterocycles. The number of carbonyl (C=O) groups is 1. The maximum atomic E-state index is 13.5. The molecule has 0 atom stereocenters. The molecule has 0 bridgehead atoms. The molecule has 0 saturated carbocycles. The average molecular weight is 603 g/mol. The highest BCUT2D eigenvalue weighted by atomic mass is 32.1. The Kier molecular flexibility index (Phi) is 8.47. The second-order valence-corrected chi connectivity index (χ2v) is 12.9. The number of benzene rings is 2. The number of hydrogen-bond acceptors (Lipinski definition) is 5. The summed E-state index contributed by atoms with van der Waals surface area (Å²) in [6, 6.07) is 29.3. The zero-order valence-corrected chi connectivity index (χ0v) is 25.7. The number of carbonyl (C=O) groups excluding carboxylic acids is 1. The lowest BCUT2D eigenvalue weighted by atomic mass is 9.99. The van der Waals surface area contributed by atoms with Crippen LogP contribution in [0.4, 0.5) is 16.4 Å². The number of thiophene rings is 3. The number of para-hydroxylation sites is 1. The van der Waals surface area contributed by atoms with Gasteiger partial charge in [-0.1, -0.05) is 61.2 Å². The lowest BCUT2D eigenvalue weighted by molar-refractivity contribution is -0.112. The number of nitrogens with zero attached hydrogens (tertiary/aromatic N) is 1. The smallest absolute Gasteiger partial charge is 0.256 e. The number of hydrogen-bond donors (Lipinski definition) is 1. The summed E-state index contributed by atoms with van der Waals surface area (Å²) in [6.45, 7) is 6.75. The van der Waals surface area contributed by atoms with Crippen molar-refractivity contribution in [1.82, 2.24) is 0 Å². The van der Waals surface area contributed by atoms with Gasteiger partial charge in [-0.25, -0.2) is 0 Å². The highest BCUT2D eigenvalue weighted by Gasteiger charge is 2.23. The molecule has 3 nitrogen and oxygen atoms in total. The molecule has 0 aliphatic carbocycles. The van der Waals surface area contributed by atoms with Gasteiger partial charge in [-0.15, -0.1) is 34.0 Å². The monoisotopic (exact) mass is 602 g/mol. The van der Waals surface area contributed by atoms with Gasteiger partial charge >= 0.3 is 0 Å². The van der Waals surface area contributed by atoms with E-state index in [1.807, 2.05) is 84.2 Å². The van der Waals surface area contributed by atoms with Crippen LogP contribution >= 0.6 is 34.0 Å². The molecule has 0 fully saturated rings. The van der Waals surface area contributed by atoms with E-state index in [1.165, 1.54) is 35.8 Å². The van der Waals surface area contributed by atoms with E-state index in [1.54, 1.807) is 17.4 Å². The lowest BCUT2D eigenvalue weighted by Gasteiger charge is -2.17. The summed E-state index contributed by atoms with van der Waals surface area (Å²) < 4.78 is 0. The summed E-state index contributed by atoms with van der Waals surface area (Å²) in [5.74, 6) is -0.156. The molecule has 0 radical (unpaired) electrons. The lowest BCUT2D eigenvalue weighted by Crippen LogP contribution is -2.15. The molecule has 208 valence electrons. The number of rotatable bonds is 9. The van der Waals surface area contributed by atoms with Crippen LogP contribution in [0, 0.1) is 0 Å². The number of anilines is 3. The second-order valence-electron chi connectivity index (χ2n) is 9.80. The molecule has 5 aromatic rings. The number of fused-ring (bicyclic) bond motifs is 1. The zero-order chi connectivity index (χ0) is 28.9. The Hall–Kier alpha value is -4.23. The van der Waals surface area contributed by atoms with Gasteiger partial charge in [0.1, 0.15) is 0 Å². The van der Waals surface area contributed by atoms with Crippen molar-refractivity contribution >= 4 is 62.4 Å². The zero-order valence-electron chi connectivity index (χ0n) is 23.2. The molecule has 0 unspecified atom stereocenters. The molecule has 0 spiro atoms. The van der Waals surface area contributed by atoms with Crippen molar-refractivity contribution in [3.05, 3.63) is 143 Å². The van der Waals surface area contributed by atoms with E-state index in [0.29, 0.717) is 5.57 Å². The van der Waals surface area contributed by atoms with Crippen LogP contribution in [-0.4, -0.2) is 12.5 Å². The van der Waals surface area contributed by atoms with E-state index in [0.717, 1.165) is 29.8 Å². The summed E-state index contributed by atoms with van der Waals surface area (Å²) >= 11 is 5.48. The molecule has 4 heterocycles. The second kappa shape index (κ2) is 12.7. The van der Waals surface area contributed by atoms with Gasteiger partial charge in [-0.3, -0.25) is 4.79 Å². The molecule has 1 aliphatic rings. The van der Waals surface area contributed by atoms with Crippen LogP contribution in [0.1, 0.15) is 18.1 Å². The van der Waals surface area contributed by atoms with Crippen molar-refractivity contribution in [3.63, 3.8) is 0 Å². The van der Waals surface area contributed by atoms with Gasteiger partial charge in [0, 0.05) is 43.0 Å². The molecule has 1 aliphatic heterocycles. The number of amides is 1. The molecule has 0 saturated heterocycles. The van der Waals surface area contributed by atoms with Crippen molar-refractivity contribution in [1.29, 1.82) is 0 Å². The van der Waals surface area contributed by atoms with E-state index in [9.17, 15) is 4.79 Å². The average Bonchev–Trinajstić information content (AvgIpc) is 3.82. The first-order valence-electron chi connectivity index (χ1n) is 13.8. The van der Waals surface area contributed by atoms with E-state index < -0.39 is 0 Å². The first-order chi connectivity index (χ1) is 20.6. The Morgan fingerprint density at radius 1 is 0.905 bits per heavy atom. The fraction of sp³-hybridized carbons (Fsp3) is 0.0833. The highest BCUT2D eigenvalue weighted by molar-refractivity contribution is 7.27. The van der Waals surface area contributed by atoms with E-state index in [-0.39, 0.29) is 5.91 Å². The molecule has 6 rings (SSSR count). The topological polar surface area (TPSA) is 32.3 Å². The fourth-order valence-corrected chi connectivity index (χ4v) is 8.05. The van der Waals surface area contributed by atoms with Gasteiger partial charge in [0.25, 0.3) is 5.91 Å². The van der Waals surface area contributed by atoms with Crippen LogP contribution in [0.5, 0.6) is 0 Å². The van der Waals surface area contributed by atoms with Crippen molar-refractivity contribution in [2.24, 2.45) is 0 Å². The Morgan fingerprint density at radius 3 is 2.45 bits per heavy atom. The van der Waals surface area contributed by atoms with E-state index >= 15 is 0 Å². The maximum Gasteiger partial charge on any atom is 0.256 e. The standard InChI is InChI=1S/C36H30N2OS3/c1-3-9-26(10-4-2)29(36(39)37-28-11-6-5-7-12-28)24-25-14-15-30-27(23-25)20-21-38(30)35-19-18-34(42-35)33-17-16-32(41-33)31-13-8-22-40-31/h3-19,22-24H,1,20-21H2,2H3,(H,37,39)/b10-4-,26-9+,29-24-. The normalized spacial score (nSPS) is 13.5. The first kappa shape index (κ1) is 27.9. The number of allylic oxidation sites excluding steroid dienone is 4. The summed E-state index contributed by atoms with van der Waals surface area (Å²) in [5, 5.41) is 6.43. The van der Waals surface area contributed by atoms with Crippen LogP contribution < -0.4 is 10.2 Å². The van der Waals surface area contributed by atoms with Crippen molar-refractivity contribution in [2.75, 3.05) is 16.8 Å².